The van der Waals surface area contributed by atoms with Crippen molar-refractivity contribution in [3.05, 3.63) is 0 Å². The van der Waals surface area contributed by atoms with E-state index in [2.05, 4.69) is 16.0 Å². The SMILES string of the molecule is NCC(=O)NCC(=O)N[C@@H](CC(=O)O)C(=O)NCCCCCCCCCCCCCC(=O)O. The van der Waals surface area contributed by atoms with Gasteiger partial charge < -0.3 is 31.9 Å². The lowest BCUT2D eigenvalue weighted by atomic mass is 10.1. The summed E-state index contributed by atoms with van der Waals surface area (Å²) in [5.74, 6) is -3.72. The van der Waals surface area contributed by atoms with Crippen LogP contribution in [-0.2, 0) is 24.0 Å². The van der Waals surface area contributed by atoms with Gasteiger partial charge in [0.2, 0.25) is 17.7 Å². The maximum Gasteiger partial charge on any atom is 0.305 e. The van der Waals surface area contributed by atoms with Gasteiger partial charge in [-0.1, -0.05) is 57.8 Å². The van der Waals surface area contributed by atoms with Crippen LogP contribution in [0.1, 0.15) is 83.5 Å². The Kier molecular flexibility index (Phi) is 18.3. The fourth-order valence-corrected chi connectivity index (χ4v) is 3.21. The molecule has 0 heterocycles. The summed E-state index contributed by atoms with van der Waals surface area (Å²) >= 11 is 0. The molecule has 0 aromatic rings. The van der Waals surface area contributed by atoms with E-state index >= 15 is 0 Å². The molecule has 11 heteroatoms. The molecule has 190 valence electrons. The van der Waals surface area contributed by atoms with Crippen molar-refractivity contribution in [1.82, 2.24) is 16.0 Å². The molecule has 0 fully saturated rings. The molecule has 0 radical (unpaired) electrons. The normalized spacial score (nSPS) is 11.4. The number of unbranched alkanes of at least 4 members (excludes halogenated alkanes) is 10. The summed E-state index contributed by atoms with van der Waals surface area (Å²) in [5, 5.41) is 24.8. The highest BCUT2D eigenvalue weighted by molar-refractivity contribution is 5.92. The minimum atomic E-state index is -1.22. The highest BCUT2D eigenvalue weighted by atomic mass is 16.4. The first-order chi connectivity index (χ1) is 15.8. The molecule has 1 atom stereocenters. The van der Waals surface area contributed by atoms with Gasteiger partial charge in [-0.05, 0) is 12.8 Å². The van der Waals surface area contributed by atoms with Crippen LogP contribution in [0.3, 0.4) is 0 Å². The summed E-state index contributed by atoms with van der Waals surface area (Å²) in [5.41, 5.74) is 5.12. The fourth-order valence-electron chi connectivity index (χ4n) is 3.21. The smallest absolute Gasteiger partial charge is 0.305 e. The highest BCUT2D eigenvalue weighted by Crippen LogP contribution is 2.11. The molecule has 0 saturated heterocycles. The van der Waals surface area contributed by atoms with Crippen LogP contribution in [0.25, 0.3) is 0 Å². The molecule has 0 aromatic heterocycles. The second-order valence-electron chi connectivity index (χ2n) is 8.02. The molecule has 11 nitrogen and oxygen atoms in total. The van der Waals surface area contributed by atoms with Crippen LogP contribution in [0.2, 0.25) is 0 Å². The lowest BCUT2D eigenvalue weighted by Gasteiger charge is -2.17. The Labute approximate surface area is 195 Å². The molecule has 33 heavy (non-hydrogen) atoms. The third kappa shape index (κ3) is 19.7. The standard InChI is InChI=1S/C22H40N4O7/c23-15-18(27)25-16-19(28)26-17(14-21(31)32)22(33)24-13-11-9-7-5-3-1-2-4-6-8-10-12-20(29)30/h17H,1-16,23H2,(H,24,33)(H,25,27)(H,26,28)(H,29,30)(H,31,32)/t17-/m0/s1. The van der Waals surface area contributed by atoms with Crippen LogP contribution in [0.4, 0.5) is 0 Å². The molecule has 0 spiro atoms. The molecule has 0 aliphatic heterocycles. The van der Waals surface area contributed by atoms with E-state index in [1.807, 2.05) is 0 Å². The number of carbonyl (C=O) groups excluding carboxylic acids is 3. The average molecular weight is 473 g/mol. The number of nitrogens with two attached hydrogens (primary N) is 1. The number of amides is 3. The summed E-state index contributed by atoms with van der Waals surface area (Å²) in [4.78, 5) is 56.5. The number of carboxylic acids is 2. The molecule has 0 bridgehead atoms. The zero-order valence-corrected chi connectivity index (χ0v) is 19.4. The Morgan fingerprint density at radius 1 is 0.667 bits per heavy atom. The summed E-state index contributed by atoms with van der Waals surface area (Å²) in [6, 6.07) is -1.21. The number of nitrogens with one attached hydrogen (secondary N) is 3. The first kappa shape index (κ1) is 30.3. The fraction of sp³-hybridized carbons (Fsp3) is 0.773. The van der Waals surface area contributed by atoms with Crippen LogP contribution >= 0.6 is 0 Å². The number of carbonyl (C=O) groups is 5. The van der Waals surface area contributed by atoms with Gasteiger partial charge in [0.25, 0.3) is 0 Å². The Bertz CT molecular complexity index is 614. The second kappa shape index (κ2) is 20.0. The quantitative estimate of drug-likeness (QED) is 0.133. The number of rotatable bonds is 21. The van der Waals surface area contributed by atoms with Crippen LogP contribution in [-0.4, -0.2) is 65.5 Å². The molecule has 0 rings (SSSR count). The predicted molar refractivity (Wildman–Crippen MR) is 122 cm³/mol. The monoisotopic (exact) mass is 472 g/mol. The summed E-state index contributed by atoms with van der Waals surface area (Å²) in [6.07, 6.45) is 11.0. The lowest BCUT2D eigenvalue weighted by Crippen LogP contribution is -2.50. The van der Waals surface area contributed by atoms with Gasteiger partial charge >= 0.3 is 11.9 Å². The van der Waals surface area contributed by atoms with Crippen LogP contribution in [0.5, 0.6) is 0 Å². The Morgan fingerprint density at radius 3 is 1.67 bits per heavy atom. The Morgan fingerprint density at radius 2 is 1.18 bits per heavy atom. The molecule has 3 amide bonds. The van der Waals surface area contributed by atoms with E-state index in [1.54, 1.807) is 0 Å². The lowest BCUT2D eigenvalue weighted by molar-refractivity contribution is -0.140. The van der Waals surface area contributed by atoms with Gasteiger partial charge in [-0.15, -0.1) is 0 Å². The third-order valence-electron chi connectivity index (χ3n) is 5.03. The van der Waals surface area contributed by atoms with Gasteiger partial charge in [0, 0.05) is 13.0 Å². The average Bonchev–Trinajstić information content (AvgIpc) is 2.76. The van der Waals surface area contributed by atoms with Crippen molar-refractivity contribution in [2.24, 2.45) is 5.73 Å². The van der Waals surface area contributed by atoms with E-state index in [0.29, 0.717) is 6.54 Å². The zero-order chi connectivity index (χ0) is 24.9. The van der Waals surface area contributed by atoms with Crippen molar-refractivity contribution in [2.75, 3.05) is 19.6 Å². The van der Waals surface area contributed by atoms with Crippen molar-refractivity contribution in [1.29, 1.82) is 0 Å². The minimum Gasteiger partial charge on any atom is -0.481 e. The molecule has 0 aromatic carbocycles. The van der Waals surface area contributed by atoms with Gasteiger partial charge in [0.05, 0.1) is 19.5 Å². The maximum atomic E-state index is 12.2. The van der Waals surface area contributed by atoms with E-state index < -0.39 is 42.1 Å². The van der Waals surface area contributed by atoms with Gasteiger partial charge in [-0.2, -0.15) is 0 Å². The molecular formula is C22H40N4O7. The molecule has 0 aliphatic rings. The predicted octanol–water partition coefficient (Wildman–Crippen LogP) is 0.903. The first-order valence-corrected chi connectivity index (χ1v) is 11.7. The first-order valence-electron chi connectivity index (χ1n) is 11.7. The molecule has 7 N–H and O–H groups in total. The van der Waals surface area contributed by atoms with Crippen molar-refractivity contribution in [2.45, 2.75) is 89.5 Å². The number of aliphatic carboxylic acids is 2. The largest absolute Gasteiger partial charge is 0.481 e. The number of hydrogen-bond donors (Lipinski definition) is 6. The van der Waals surface area contributed by atoms with Crippen LogP contribution < -0.4 is 21.7 Å². The van der Waals surface area contributed by atoms with E-state index in [9.17, 15) is 24.0 Å². The molecule has 0 unspecified atom stereocenters. The molecule has 0 saturated carbocycles. The van der Waals surface area contributed by atoms with Crippen molar-refractivity contribution < 1.29 is 34.2 Å². The Hall–Kier alpha value is -2.69. The highest BCUT2D eigenvalue weighted by Gasteiger charge is 2.23. The van der Waals surface area contributed by atoms with E-state index in [0.717, 1.165) is 70.6 Å². The van der Waals surface area contributed by atoms with Crippen LogP contribution in [0, 0.1) is 0 Å². The van der Waals surface area contributed by atoms with Crippen molar-refractivity contribution >= 4 is 29.7 Å². The topological polar surface area (TPSA) is 188 Å². The number of carboxylic acid groups (broad SMARTS) is 2. The van der Waals surface area contributed by atoms with Gasteiger partial charge in [0.15, 0.2) is 0 Å². The van der Waals surface area contributed by atoms with E-state index in [4.69, 9.17) is 15.9 Å². The summed E-state index contributed by atoms with van der Waals surface area (Å²) in [6.45, 7) is -0.266. The van der Waals surface area contributed by atoms with Gasteiger partial charge in [0.1, 0.15) is 6.04 Å². The number of hydrogen-bond acceptors (Lipinski definition) is 6. The molecule has 0 aliphatic carbocycles. The summed E-state index contributed by atoms with van der Waals surface area (Å²) in [7, 11) is 0. The van der Waals surface area contributed by atoms with E-state index in [-0.39, 0.29) is 19.5 Å². The van der Waals surface area contributed by atoms with Gasteiger partial charge in [-0.25, -0.2) is 0 Å². The van der Waals surface area contributed by atoms with Gasteiger partial charge in [-0.3, -0.25) is 24.0 Å². The van der Waals surface area contributed by atoms with E-state index in [1.165, 1.54) is 0 Å². The van der Waals surface area contributed by atoms with Crippen molar-refractivity contribution in [3.8, 4) is 0 Å². The Balaban J connectivity index is 3.83. The summed E-state index contributed by atoms with van der Waals surface area (Å²) < 4.78 is 0. The molecular weight excluding hydrogens is 432 g/mol. The maximum absolute atomic E-state index is 12.2. The van der Waals surface area contributed by atoms with Crippen LogP contribution in [0.15, 0.2) is 0 Å². The zero-order valence-electron chi connectivity index (χ0n) is 19.4. The second-order valence-corrected chi connectivity index (χ2v) is 8.02. The minimum absolute atomic E-state index is 0.254. The van der Waals surface area contributed by atoms with Crippen molar-refractivity contribution in [3.63, 3.8) is 0 Å². The third-order valence-corrected chi connectivity index (χ3v) is 5.03.